The first-order valence-corrected chi connectivity index (χ1v) is 7.90. The Labute approximate surface area is 141 Å². The fraction of sp³-hybridized carbons (Fsp3) is 0.0625. The van der Waals surface area contributed by atoms with Crippen LogP contribution in [0.1, 0.15) is 17.2 Å². The summed E-state index contributed by atoms with van der Waals surface area (Å²) in [6.45, 7) is 0. The van der Waals surface area contributed by atoms with Gasteiger partial charge in [-0.15, -0.1) is 0 Å². The average Bonchev–Trinajstić information content (AvgIpc) is 2.51. The first kappa shape index (κ1) is 14.7. The van der Waals surface area contributed by atoms with E-state index in [4.69, 9.17) is 17.4 Å². The Morgan fingerprint density at radius 3 is 2.62 bits per heavy atom. The molecule has 0 spiro atoms. The standard InChI is InChI=1S/C16H13ClIN3/c17-13-8-11(5-6-14(13)18)16(21-19)12-4-3-10-2-1-7-20-15(10)9-12/h1-9,16,21H,19H2. The summed E-state index contributed by atoms with van der Waals surface area (Å²) >= 11 is 8.42. The molecule has 1 aromatic heterocycles. The van der Waals surface area contributed by atoms with Crippen molar-refractivity contribution in [2.45, 2.75) is 6.04 Å². The Morgan fingerprint density at radius 1 is 1.10 bits per heavy atom. The Morgan fingerprint density at radius 2 is 1.86 bits per heavy atom. The molecular weight excluding hydrogens is 397 g/mol. The van der Waals surface area contributed by atoms with Gasteiger partial charge in [0.15, 0.2) is 0 Å². The molecule has 0 aliphatic heterocycles. The summed E-state index contributed by atoms with van der Waals surface area (Å²) in [4.78, 5) is 4.39. The molecule has 2 aromatic carbocycles. The predicted molar refractivity (Wildman–Crippen MR) is 95.1 cm³/mol. The molecule has 1 heterocycles. The van der Waals surface area contributed by atoms with Crippen LogP contribution in [0.3, 0.4) is 0 Å². The predicted octanol–water partition coefficient (Wildman–Crippen LogP) is 4.05. The van der Waals surface area contributed by atoms with E-state index in [2.05, 4.69) is 45.1 Å². The Hall–Kier alpha value is -1.21. The monoisotopic (exact) mass is 409 g/mol. The number of halogens is 2. The molecule has 0 amide bonds. The highest BCUT2D eigenvalue weighted by Crippen LogP contribution is 2.28. The van der Waals surface area contributed by atoms with Crippen molar-refractivity contribution in [1.29, 1.82) is 0 Å². The lowest BCUT2D eigenvalue weighted by Gasteiger charge is -2.18. The summed E-state index contributed by atoms with van der Waals surface area (Å²) in [5.74, 6) is 5.75. The van der Waals surface area contributed by atoms with Crippen LogP contribution in [-0.4, -0.2) is 4.98 Å². The van der Waals surface area contributed by atoms with Gasteiger partial charge >= 0.3 is 0 Å². The quantitative estimate of drug-likeness (QED) is 0.390. The molecule has 0 bridgehead atoms. The summed E-state index contributed by atoms with van der Waals surface area (Å²) in [6, 6.07) is 16.0. The minimum absolute atomic E-state index is 0.120. The molecule has 3 nitrogen and oxygen atoms in total. The van der Waals surface area contributed by atoms with Crippen LogP contribution in [0.25, 0.3) is 10.9 Å². The average molecular weight is 410 g/mol. The highest BCUT2D eigenvalue weighted by Gasteiger charge is 2.14. The van der Waals surface area contributed by atoms with Crippen LogP contribution in [0.4, 0.5) is 0 Å². The number of nitrogens with one attached hydrogen (secondary N) is 1. The topological polar surface area (TPSA) is 50.9 Å². The molecule has 0 saturated carbocycles. The molecule has 3 N–H and O–H groups in total. The van der Waals surface area contributed by atoms with Crippen molar-refractivity contribution in [2.24, 2.45) is 5.84 Å². The number of nitrogens with zero attached hydrogens (tertiary/aromatic N) is 1. The molecule has 0 saturated heterocycles. The second-order valence-electron chi connectivity index (χ2n) is 4.73. The zero-order chi connectivity index (χ0) is 14.8. The van der Waals surface area contributed by atoms with Crippen molar-refractivity contribution < 1.29 is 0 Å². The van der Waals surface area contributed by atoms with Crippen molar-refractivity contribution in [3.05, 3.63) is 74.4 Å². The number of hydrogen-bond acceptors (Lipinski definition) is 3. The van der Waals surface area contributed by atoms with E-state index in [-0.39, 0.29) is 6.04 Å². The number of hydrazine groups is 1. The third kappa shape index (κ3) is 3.03. The van der Waals surface area contributed by atoms with Crippen LogP contribution in [0.15, 0.2) is 54.7 Å². The molecule has 21 heavy (non-hydrogen) atoms. The van der Waals surface area contributed by atoms with Crippen LogP contribution in [0.5, 0.6) is 0 Å². The Bertz CT molecular complexity index is 791. The van der Waals surface area contributed by atoms with E-state index in [9.17, 15) is 0 Å². The molecule has 0 aliphatic carbocycles. The maximum absolute atomic E-state index is 6.21. The molecule has 1 unspecified atom stereocenters. The van der Waals surface area contributed by atoms with Gasteiger partial charge in [0.25, 0.3) is 0 Å². The van der Waals surface area contributed by atoms with Gasteiger partial charge < -0.3 is 0 Å². The molecule has 0 radical (unpaired) electrons. The highest BCUT2D eigenvalue weighted by atomic mass is 127. The molecule has 3 rings (SSSR count). The van der Waals surface area contributed by atoms with E-state index in [1.807, 2.05) is 36.4 Å². The van der Waals surface area contributed by atoms with Gasteiger partial charge in [0.05, 0.1) is 16.6 Å². The maximum atomic E-state index is 6.21. The van der Waals surface area contributed by atoms with Gasteiger partial charge in [0, 0.05) is 15.2 Å². The number of fused-ring (bicyclic) bond motifs is 1. The smallest absolute Gasteiger partial charge is 0.0711 e. The van der Waals surface area contributed by atoms with Crippen molar-refractivity contribution in [3.8, 4) is 0 Å². The summed E-state index contributed by atoms with van der Waals surface area (Å²) in [5, 5.41) is 1.84. The Kier molecular flexibility index (Phi) is 4.40. The zero-order valence-corrected chi connectivity index (χ0v) is 14.0. The molecule has 3 aromatic rings. The summed E-state index contributed by atoms with van der Waals surface area (Å²) in [7, 11) is 0. The zero-order valence-electron chi connectivity index (χ0n) is 11.1. The third-order valence-corrected chi connectivity index (χ3v) is 4.98. The van der Waals surface area contributed by atoms with Crippen LogP contribution < -0.4 is 11.3 Å². The number of pyridine rings is 1. The van der Waals surface area contributed by atoms with Gasteiger partial charge in [-0.3, -0.25) is 10.8 Å². The molecule has 106 valence electrons. The van der Waals surface area contributed by atoms with Gasteiger partial charge in [0.2, 0.25) is 0 Å². The van der Waals surface area contributed by atoms with Crippen LogP contribution in [-0.2, 0) is 0 Å². The molecule has 5 heteroatoms. The largest absolute Gasteiger partial charge is 0.271 e. The number of aromatic nitrogens is 1. The molecule has 1 atom stereocenters. The summed E-state index contributed by atoms with van der Waals surface area (Å²) < 4.78 is 1.02. The van der Waals surface area contributed by atoms with Gasteiger partial charge in [-0.1, -0.05) is 35.9 Å². The molecular formula is C16H13ClIN3. The highest BCUT2D eigenvalue weighted by molar-refractivity contribution is 14.1. The molecule has 0 aliphatic rings. The second kappa shape index (κ2) is 6.27. The van der Waals surface area contributed by atoms with Crippen LogP contribution >= 0.6 is 34.2 Å². The van der Waals surface area contributed by atoms with E-state index in [1.165, 1.54) is 0 Å². The first-order chi connectivity index (χ1) is 10.2. The van der Waals surface area contributed by atoms with E-state index in [0.29, 0.717) is 0 Å². The van der Waals surface area contributed by atoms with Gasteiger partial charge in [0.1, 0.15) is 0 Å². The minimum atomic E-state index is -0.120. The number of nitrogens with two attached hydrogens (primary N) is 1. The van der Waals surface area contributed by atoms with Crippen molar-refractivity contribution in [1.82, 2.24) is 10.4 Å². The normalized spacial score (nSPS) is 12.5. The lowest BCUT2D eigenvalue weighted by molar-refractivity contribution is 0.637. The third-order valence-electron chi connectivity index (χ3n) is 3.41. The van der Waals surface area contributed by atoms with Crippen LogP contribution in [0.2, 0.25) is 5.02 Å². The number of rotatable bonds is 3. The van der Waals surface area contributed by atoms with Gasteiger partial charge in [-0.2, -0.15) is 0 Å². The first-order valence-electron chi connectivity index (χ1n) is 6.45. The number of hydrogen-bond donors (Lipinski definition) is 2. The fourth-order valence-corrected chi connectivity index (χ4v) is 2.86. The number of benzene rings is 2. The van der Waals surface area contributed by atoms with Gasteiger partial charge in [-0.25, -0.2) is 5.43 Å². The SMILES string of the molecule is NNC(c1ccc(I)c(Cl)c1)c1ccc2cccnc2c1. The van der Waals surface area contributed by atoms with E-state index < -0.39 is 0 Å². The maximum Gasteiger partial charge on any atom is 0.0711 e. The van der Waals surface area contributed by atoms with Crippen molar-refractivity contribution in [2.75, 3.05) is 0 Å². The fourth-order valence-electron chi connectivity index (χ4n) is 2.34. The lowest BCUT2D eigenvalue weighted by atomic mass is 9.98. The summed E-state index contributed by atoms with van der Waals surface area (Å²) in [6.07, 6.45) is 1.79. The van der Waals surface area contributed by atoms with Crippen molar-refractivity contribution in [3.63, 3.8) is 0 Å². The van der Waals surface area contributed by atoms with E-state index >= 15 is 0 Å². The molecule has 0 fully saturated rings. The van der Waals surface area contributed by atoms with Crippen molar-refractivity contribution >= 4 is 45.1 Å². The second-order valence-corrected chi connectivity index (χ2v) is 6.30. The van der Waals surface area contributed by atoms with Crippen LogP contribution in [0, 0.1) is 3.57 Å². The van der Waals surface area contributed by atoms with Gasteiger partial charge in [-0.05, 0) is 58.0 Å². The lowest BCUT2D eigenvalue weighted by Crippen LogP contribution is -2.28. The van der Waals surface area contributed by atoms with E-state index in [0.717, 1.165) is 30.6 Å². The summed E-state index contributed by atoms with van der Waals surface area (Å²) in [5.41, 5.74) is 5.89. The van der Waals surface area contributed by atoms with E-state index in [1.54, 1.807) is 6.20 Å². The minimum Gasteiger partial charge on any atom is -0.271 e. The Balaban J connectivity index is 2.06.